The van der Waals surface area contributed by atoms with Gasteiger partial charge in [-0.1, -0.05) is 12.2 Å². The summed E-state index contributed by atoms with van der Waals surface area (Å²) in [6.07, 6.45) is 3.08. The van der Waals surface area contributed by atoms with Gasteiger partial charge in [0.25, 0.3) is 0 Å². The minimum absolute atomic E-state index is 0.208. The summed E-state index contributed by atoms with van der Waals surface area (Å²) >= 11 is 4.79. The lowest BCUT2D eigenvalue weighted by Crippen LogP contribution is -2.10. The van der Waals surface area contributed by atoms with Gasteiger partial charge in [-0.05, 0) is 37.5 Å². The number of benzene rings is 1. The van der Waals surface area contributed by atoms with Gasteiger partial charge in [0.2, 0.25) is 0 Å². The van der Waals surface area contributed by atoms with Crippen LogP contribution in [0.2, 0.25) is 0 Å². The van der Waals surface area contributed by atoms with E-state index in [9.17, 15) is 4.39 Å². The van der Waals surface area contributed by atoms with Crippen LogP contribution in [0.25, 0.3) is 0 Å². The van der Waals surface area contributed by atoms with Crippen LogP contribution in [0.3, 0.4) is 0 Å². The van der Waals surface area contributed by atoms with E-state index in [2.05, 4.69) is 5.32 Å². The number of nitrogens with one attached hydrogen (secondary N) is 1. The first-order valence-corrected chi connectivity index (χ1v) is 6.38. The largest absolute Gasteiger partial charge is 0.389 e. The number of methoxy groups -OCH3 is 1. The number of unbranched alkanes of at least 4 members (excludes halogenated alkanes) is 2. The Kier molecular flexibility index (Phi) is 6.60. The second-order valence-corrected chi connectivity index (χ2v) is 4.48. The summed E-state index contributed by atoms with van der Waals surface area (Å²) in [6, 6.07) is 4.74. The van der Waals surface area contributed by atoms with Gasteiger partial charge in [-0.3, -0.25) is 0 Å². The van der Waals surface area contributed by atoms with Crippen LogP contribution in [0.4, 0.5) is 10.1 Å². The maximum atomic E-state index is 13.6. The first kappa shape index (κ1) is 14.9. The van der Waals surface area contributed by atoms with E-state index in [1.165, 1.54) is 6.07 Å². The van der Waals surface area contributed by atoms with Crippen molar-refractivity contribution in [3.8, 4) is 0 Å². The highest BCUT2D eigenvalue weighted by Gasteiger charge is 2.04. The van der Waals surface area contributed by atoms with E-state index in [1.54, 1.807) is 19.2 Å². The second-order valence-electron chi connectivity index (χ2n) is 4.04. The number of hydrogen-bond donors (Lipinski definition) is 2. The molecule has 1 aromatic rings. The number of thiocarbonyl (C=S) groups is 1. The molecule has 100 valence electrons. The van der Waals surface area contributed by atoms with Gasteiger partial charge >= 0.3 is 0 Å². The minimum Gasteiger partial charge on any atom is -0.389 e. The first-order valence-electron chi connectivity index (χ1n) is 5.97. The Balaban J connectivity index is 2.36. The maximum Gasteiger partial charge on any atom is 0.146 e. The smallest absolute Gasteiger partial charge is 0.146 e. The molecule has 0 heterocycles. The van der Waals surface area contributed by atoms with Crippen LogP contribution in [-0.4, -0.2) is 25.2 Å². The first-order chi connectivity index (χ1) is 8.65. The Morgan fingerprint density at radius 3 is 2.78 bits per heavy atom. The van der Waals surface area contributed by atoms with Gasteiger partial charge in [-0.25, -0.2) is 4.39 Å². The number of nitrogens with two attached hydrogens (primary N) is 1. The quantitative estimate of drug-likeness (QED) is 0.563. The molecule has 0 saturated carbocycles. The molecule has 0 spiro atoms. The van der Waals surface area contributed by atoms with Crippen LogP contribution < -0.4 is 11.1 Å². The highest BCUT2D eigenvalue weighted by Crippen LogP contribution is 2.16. The van der Waals surface area contributed by atoms with Crippen molar-refractivity contribution in [2.75, 3.05) is 25.6 Å². The lowest BCUT2D eigenvalue weighted by atomic mass is 10.2. The molecular formula is C13H19FN2OS. The van der Waals surface area contributed by atoms with Crippen molar-refractivity contribution in [1.82, 2.24) is 0 Å². The van der Waals surface area contributed by atoms with Crippen LogP contribution in [0, 0.1) is 5.82 Å². The average Bonchev–Trinajstić information content (AvgIpc) is 2.35. The molecule has 0 radical (unpaired) electrons. The van der Waals surface area contributed by atoms with E-state index < -0.39 is 0 Å². The van der Waals surface area contributed by atoms with Gasteiger partial charge in [0.15, 0.2) is 0 Å². The van der Waals surface area contributed by atoms with Crippen molar-refractivity contribution in [3.05, 3.63) is 29.6 Å². The zero-order chi connectivity index (χ0) is 13.4. The molecule has 3 nitrogen and oxygen atoms in total. The molecule has 0 bridgehead atoms. The van der Waals surface area contributed by atoms with E-state index in [0.717, 1.165) is 32.4 Å². The van der Waals surface area contributed by atoms with E-state index in [4.69, 9.17) is 22.7 Å². The van der Waals surface area contributed by atoms with Crippen LogP contribution >= 0.6 is 12.2 Å². The van der Waals surface area contributed by atoms with Crippen molar-refractivity contribution < 1.29 is 9.13 Å². The lowest BCUT2D eigenvalue weighted by Gasteiger charge is -2.08. The van der Waals surface area contributed by atoms with Gasteiger partial charge in [0, 0.05) is 25.8 Å². The topological polar surface area (TPSA) is 47.3 Å². The molecule has 0 aliphatic rings. The third-order valence-electron chi connectivity index (χ3n) is 2.59. The van der Waals surface area contributed by atoms with E-state index >= 15 is 0 Å². The van der Waals surface area contributed by atoms with Crippen LogP contribution in [0.15, 0.2) is 18.2 Å². The van der Waals surface area contributed by atoms with Crippen molar-refractivity contribution in [2.24, 2.45) is 5.73 Å². The van der Waals surface area contributed by atoms with Crippen molar-refractivity contribution in [3.63, 3.8) is 0 Å². The molecule has 0 saturated heterocycles. The molecule has 18 heavy (non-hydrogen) atoms. The standard InChI is InChI=1S/C13H19FN2OS/c1-17-8-4-2-3-7-16-12-6-5-10(13(15)18)9-11(12)14/h5-6,9,16H,2-4,7-8H2,1H3,(H2,15,18). The van der Waals surface area contributed by atoms with Gasteiger partial charge in [-0.15, -0.1) is 0 Å². The van der Waals surface area contributed by atoms with Gasteiger partial charge in [0.05, 0.1) is 5.69 Å². The number of halogens is 1. The zero-order valence-electron chi connectivity index (χ0n) is 10.5. The molecule has 0 aromatic heterocycles. The fraction of sp³-hybridized carbons (Fsp3) is 0.462. The predicted octanol–water partition coefficient (Wildman–Crippen LogP) is 2.69. The molecule has 5 heteroatoms. The Hall–Kier alpha value is -1.20. The molecule has 1 aromatic carbocycles. The summed E-state index contributed by atoms with van der Waals surface area (Å²) in [5.41, 5.74) is 6.47. The molecular weight excluding hydrogens is 251 g/mol. The van der Waals surface area contributed by atoms with Crippen LogP contribution in [0.5, 0.6) is 0 Å². The molecule has 0 atom stereocenters. The summed E-state index contributed by atoms with van der Waals surface area (Å²) in [5.74, 6) is -0.322. The summed E-state index contributed by atoms with van der Waals surface area (Å²) in [7, 11) is 1.69. The fourth-order valence-electron chi connectivity index (χ4n) is 1.58. The minimum atomic E-state index is -0.322. The molecule has 3 N–H and O–H groups in total. The molecule has 0 unspecified atom stereocenters. The van der Waals surface area contributed by atoms with Crippen LogP contribution in [0.1, 0.15) is 24.8 Å². The Labute approximate surface area is 113 Å². The number of rotatable bonds is 8. The highest BCUT2D eigenvalue weighted by molar-refractivity contribution is 7.80. The van der Waals surface area contributed by atoms with Crippen molar-refractivity contribution >= 4 is 22.9 Å². The number of anilines is 1. The Bertz CT molecular complexity index is 399. The van der Waals surface area contributed by atoms with E-state index in [0.29, 0.717) is 11.3 Å². The summed E-state index contributed by atoms with van der Waals surface area (Å²) in [5, 5.41) is 3.06. The summed E-state index contributed by atoms with van der Waals surface area (Å²) < 4.78 is 18.6. The van der Waals surface area contributed by atoms with E-state index in [1.807, 2.05) is 0 Å². The van der Waals surface area contributed by atoms with Gasteiger partial charge in [0.1, 0.15) is 10.8 Å². The lowest BCUT2D eigenvalue weighted by molar-refractivity contribution is 0.192. The zero-order valence-corrected chi connectivity index (χ0v) is 11.4. The van der Waals surface area contributed by atoms with Crippen molar-refractivity contribution in [1.29, 1.82) is 0 Å². The third kappa shape index (κ3) is 4.98. The van der Waals surface area contributed by atoms with Crippen LogP contribution in [-0.2, 0) is 4.74 Å². The molecule has 0 fully saturated rings. The molecule has 1 rings (SSSR count). The Morgan fingerprint density at radius 1 is 1.39 bits per heavy atom. The Morgan fingerprint density at radius 2 is 2.17 bits per heavy atom. The summed E-state index contributed by atoms with van der Waals surface area (Å²) in [4.78, 5) is 0.208. The SMILES string of the molecule is COCCCCCNc1ccc(C(N)=S)cc1F. The third-order valence-corrected chi connectivity index (χ3v) is 2.83. The molecule has 0 amide bonds. The second kappa shape index (κ2) is 8.00. The monoisotopic (exact) mass is 270 g/mol. The van der Waals surface area contributed by atoms with Gasteiger partial charge < -0.3 is 15.8 Å². The van der Waals surface area contributed by atoms with Gasteiger partial charge in [-0.2, -0.15) is 0 Å². The number of hydrogen-bond acceptors (Lipinski definition) is 3. The summed E-state index contributed by atoms with van der Waals surface area (Å²) in [6.45, 7) is 1.52. The number of ether oxygens (including phenoxy) is 1. The van der Waals surface area contributed by atoms with E-state index in [-0.39, 0.29) is 10.8 Å². The molecule has 0 aliphatic carbocycles. The normalized spacial score (nSPS) is 10.3. The predicted molar refractivity (Wildman–Crippen MR) is 76.5 cm³/mol. The highest BCUT2D eigenvalue weighted by atomic mass is 32.1. The average molecular weight is 270 g/mol. The van der Waals surface area contributed by atoms with Crippen molar-refractivity contribution in [2.45, 2.75) is 19.3 Å². The maximum absolute atomic E-state index is 13.6. The molecule has 0 aliphatic heterocycles. The fourth-order valence-corrected chi connectivity index (χ4v) is 1.71.